The Balaban J connectivity index is 1.92. The number of hydrogen-bond acceptors (Lipinski definition) is 5. The van der Waals surface area contributed by atoms with Gasteiger partial charge in [0, 0.05) is 0 Å². The predicted molar refractivity (Wildman–Crippen MR) is 109 cm³/mol. The molecule has 150 valence electrons. The minimum atomic E-state index is -0.814. The van der Waals surface area contributed by atoms with E-state index < -0.39 is 17.8 Å². The van der Waals surface area contributed by atoms with E-state index in [2.05, 4.69) is 5.32 Å². The van der Waals surface area contributed by atoms with Gasteiger partial charge in [-0.05, 0) is 61.9 Å². The summed E-state index contributed by atoms with van der Waals surface area (Å²) in [6.45, 7) is 4.64. The number of anilines is 1. The topological polar surface area (TPSA) is 84.9 Å². The molecule has 1 aliphatic heterocycles. The number of nitrogens with zero attached hydrogens (tertiary/aromatic N) is 1. The highest BCUT2D eigenvalue weighted by Gasteiger charge is 2.36. The first-order valence-electron chi connectivity index (χ1n) is 9.01. The third-order valence-electron chi connectivity index (χ3n) is 4.07. The molecule has 2 aromatic carbocycles. The molecule has 0 spiro atoms. The van der Waals surface area contributed by atoms with Gasteiger partial charge in [-0.2, -0.15) is 0 Å². The summed E-state index contributed by atoms with van der Waals surface area (Å²) in [6, 6.07) is 10.5. The third-order valence-corrected chi connectivity index (χ3v) is 4.37. The van der Waals surface area contributed by atoms with Gasteiger partial charge in [-0.1, -0.05) is 17.7 Å². The van der Waals surface area contributed by atoms with Gasteiger partial charge in [0.15, 0.2) is 0 Å². The Labute approximate surface area is 172 Å². The van der Waals surface area contributed by atoms with Crippen LogP contribution in [0.25, 0.3) is 6.08 Å². The van der Waals surface area contributed by atoms with Gasteiger partial charge in [0.2, 0.25) is 0 Å². The maximum atomic E-state index is 12.9. The van der Waals surface area contributed by atoms with E-state index in [-0.39, 0.29) is 5.57 Å². The van der Waals surface area contributed by atoms with E-state index in [0.29, 0.717) is 41.0 Å². The lowest BCUT2D eigenvalue weighted by Gasteiger charge is -2.26. The third kappa shape index (κ3) is 4.41. The molecule has 1 saturated heterocycles. The molecule has 3 rings (SSSR count). The van der Waals surface area contributed by atoms with Gasteiger partial charge in [0.1, 0.15) is 17.1 Å². The molecule has 2 aromatic rings. The van der Waals surface area contributed by atoms with Gasteiger partial charge in [0.25, 0.3) is 11.8 Å². The van der Waals surface area contributed by atoms with Crippen molar-refractivity contribution in [2.45, 2.75) is 13.8 Å². The van der Waals surface area contributed by atoms with Crippen LogP contribution < -0.4 is 19.7 Å². The van der Waals surface area contributed by atoms with Crippen LogP contribution in [0.5, 0.6) is 11.5 Å². The second-order valence-electron chi connectivity index (χ2n) is 6.01. The van der Waals surface area contributed by atoms with Crippen molar-refractivity contribution in [2.75, 3.05) is 18.1 Å². The monoisotopic (exact) mass is 414 g/mol. The Morgan fingerprint density at radius 1 is 1.00 bits per heavy atom. The van der Waals surface area contributed by atoms with Crippen LogP contribution in [0, 0.1) is 0 Å². The SMILES string of the molecule is CCOc1ccc(N2C(=O)NC(=O)/C(=C/c3ccc(OCC)c(Cl)c3)C2=O)cc1. The summed E-state index contributed by atoms with van der Waals surface area (Å²) in [5.74, 6) is -0.390. The van der Waals surface area contributed by atoms with Crippen molar-refractivity contribution in [1.29, 1.82) is 0 Å². The van der Waals surface area contributed by atoms with Crippen LogP contribution in [0.4, 0.5) is 10.5 Å². The number of ether oxygens (including phenoxy) is 2. The summed E-state index contributed by atoms with van der Waals surface area (Å²) in [5, 5.41) is 2.54. The molecule has 0 aromatic heterocycles. The summed E-state index contributed by atoms with van der Waals surface area (Å²) in [6.07, 6.45) is 1.38. The quantitative estimate of drug-likeness (QED) is 0.574. The summed E-state index contributed by atoms with van der Waals surface area (Å²) in [5.41, 5.74) is 0.663. The number of imide groups is 2. The number of halogens is 1. The molecular weight excluding hydrogens is 396 g/mol. The van der Waals surface area contributed by atoms with E-state index in [1.54, 1.807) is 42.5 Å². The van der Waals surface area contributed by atoms with Crippen molar-refractivity contribution < 1.29 is 23.9 Å². The number of benzene rings is 2. The molecule has 8 heteroatoms. The zero-order chi connectivity index (χ0) is 21.0. The Morgan fingerprint density at radius 3 is 2.31 bits per heavy atom. The van der Waals surface area contributed by atoms with Gasteiger partial charge in [-0.3, -0.25) is 14.9 Å². The van der Waals surface area contributed by atoms with E-state index in [0.717, 1.165) is 4.90 Å². The minimum Gasteiger partial charge on any atom is -0.494 e. The fourth-order valence-electron chi connectivity index (χ4n) is 2.80. The van der Waals surface area contributed by atoms with Crippen molar-refractivity contribution in [3.63, 3.8) is 0 Å². The molecule has 1 heterocycles. The second kappa shape index (κ2) is 8.79. The van der Waals surface area contributed by atoms with Crippen LogP contribution in [0.15, 0.2) is 48.0 Å². The van der Waals surface area contributed by atoms with E-state index in [1.807, 2.05) is 13.8 Å². The lowest BCUT2D eigenvalue weighted by Crippen LogP contribution is -2.54. The first-order chi connectivity index (χ1) is 13.9. The smallest absolute Gasteiger partial charge is 0.335 e. The molecule has 1 fully saturated rings. The predicted octanol–water partition coefficient (Wildman–Crippen LogP) is 3.80. The second-order valence-corrected chi connectivity index (χ2v) is 6.41. The number of hydrogen-bond donors (Lipinski definition) is 1. The standard InChI is InChI=1S/C21H19ClN2O5/c1-3-28-15-8-6-14(7-9-15)24-20(26)16(19(25)23-21(24)27)11-13-5-10-18(29-4-2)17(22)12-13/h5-12H,3-4H2,1-2H3,(H,23,25,27)/b16-11-. The Hall–Kier alpha value is -3.32. The highest BCUT2D eigenvalue weighted by atomic mass is 35.5. The Morgan fingerprint density at radius 2 is 1.69 bits per heavy atom. The minimum absolute atomic E-state index is 0.182. The Kier molecular flexibility index (Phi) is 6.19. The first kappa shape index (κ1) is 20.4. The van der Waals surface area contributed by atoms with E-state index >= 15 is 0 Å². The average molecular weight is 415 g/mol. The molecule has 1 aliphatic rings. The number of carbonyl (C=O) groups excluding carboxylic acids is 3. The van der Waals surface area contributed by atoms with Gasteiger partial charge in [-0.15, -0.1) is 0 Å². The molecule has 0 unspecified atom stereocenters. The van der Waals surface area contributed by atoms with Crippen LogP contribution in [-0.2, 0) is 9.59 Å². The number of amides is 4. The van der Waals surface area contributed by atoms with Crippen LogP contribution in [0.3, 0.4) is 0 Å². The van der Waals surface area contributed by atoms with Crippen molar-refractivity contribution >= 4 is 41.2 Å². The van der Waals surface area contributed by atoms with E-state index in [1.165, 1.54) is 6.08 Å². The Bertz CT molecular complexity index is 985. The maximum absolute atomic E-state index is 12.9. The zero-order valence-electron chi connectivity index (χ0n) is 15.9. The molecule has 0 bridgehead atoms. The fourth-order valence-corrected chi connectivity index (χ4v) is 3.04. The van der Waals surface area contributed by atoms with E-state index in [9.17, 15) is 14.4 Å². The molecule has 0 atom stereocenters. The molecule has 4 amide bonds. The van der Waals surface area contributed by atoms with Gasteiger partial charge in [-0.25, -0.2) is 9.69 Å². The number of urea groups is 1. The molecule has 29 heavy (non-hydrogen) atoms. The number of nitrogens with one attached hydrogen (secondary N) is 1. The summed E-state index contributed by atoms with van der Waals surface area (Å²) >= 11 is 6.17. The lowest BCUT2D eigenvalue weighted by molar-refractivity contribution is -0.122. The van der Waals surface area contributed by atoms with Crippen molar-refractivity contribution in [1.82, 2.24) is 5.32 Å². The highest BCUT2D eigenvalue weighted by Crippen LogP contribution is 2.28. The molecule has 0 radical (unpaired) electrons. The van der Waals surface area contributed by atoms with Crippen molar-refractivity contribution in [3.8, 4) is 11.5 Å². The van der Waals surface area contributed by atoms with Crippen LogP contribution >= 0.6 is 11.6 Å². The normalized spacial score (nSPS) is 15.5. The number of barbiturate groups is 1. The van der Waals surface area contributed by atoms with Crippen LogP contribution in [-0.4, -0.2) is 31.1 Å². The molecule has 7 nitrogen and oxygen atoms in total. The van der Waals surface area contributed by atoms with Crippen LogP contribution in [0.1, 0.15) is 19.4 Å². The number of rotatable bonds is 6. The van der Waals surface area contributed by atoms with Crippen molar-refractivity contribution in [2.24, 2.45) is 0 Å². The van der Waals surface area contributed by atoms with Gasteiger partial charge in [0.05, 0.1) is 23.9 Å². The van der Waals surface area contributed by atoms with Crippen molar-refractivity contribution in [3.05, 3.63) is 58.6 Å². The zero-order valence-corrected chi connectivity index (χ0v) is 16.7. The highest BCUT2D eigenvalue weighted by molar-refractivity contribution is 6.39. The molecule has 0 aliphatic carbocycles. The summed E-state index contributed by atoms with van der Waals surface area (Å²) in [7, 11) is 0. The fraction of sp³-hybridized carbons (Fsp3) is 0.190. The largest absolute Gasteiger partial charge is 0.494 e. The number of carbonyl (C=O) groups is 3. The maximum Gasteiger partial charge on any atom is 0.335 e. The lowest BCUT2D eigenvalue weighted by atomic mass is 10.1. The van der Waals surface area contributed by atoms with Gasteiger partial charge < -0.3 is 9.47 Å². The summed E-state index contributed by atoms with van der Waals surface area (Å²) in [4.78, 5) is 38.3. The first-order valence-corrected chi connectivity index (χ1v) is 9.39. The summed E-state index contributed by atoms with van der Waals surface area (Å²) < 4.78 is 10.7. The average Bonchev–Trinajstić information content (AvgIpc) is 2.69. The van der Waals surface area contributed by atoms with Crippen LogP contribution in [0.2, 0.25) is 5.02 Å². The molecular formula is C21H19ClN2O5. The molecule has 1 N–H and O–H groups in total. The van der Waals surface area contributed by atoms with E-state index in [4.69, 9.17) is 21.1 Å². The molecule has 0 saturated carbocycles. The van der Waals surface area contributed by atoms with Gasteiger partial charge >= 0.3 is 6.03 Å².